The fraction of sp³-hybridized carbons (Fsp3) is 0.455. The number of carbonyl (C=O) groups is 1. The molecule has 1 heterocycles. The Hall–Kier alpha value is -1.18. The smallest absolute Gasteiger partial charge is 0.303 e. The molecule has 2 N–H and O–H groups in total. The zero-order chi connectivity index (χ0) is 14.7. The molecular weight excluding hydrogens is 292 g/mol. The Morgan fingerprint density at radius 2 is 2.11 bits per heavy atom. The van der Waals surface area contributed by atoms with Gasteiger partial charge in [0.25, 0.3) is 0 Å². The summed E-state index contributed by atoms with van der Waals surface area (Å²) in [5, 5.41) is 8.84. The molecule has 19 heavy (non-hydrogen) atoms. The molecule has 0 aliphatic heterocycles. The Bertz CT molecular complexity index is 572. The lowest BCUT2D eigenvalue weighted by Crippen LogP contribution is -2.43. The maximum atomic E-state index is 12.1. The van der Waals surface area contributed by atoms with Crippen LogP contribution in [0.4, 0.5) is 0 Å². The first kappa shape index (κ1) is 15.9. The van der Waals surface area contributed by atoms with Gasteiger partial charge in [0, 0.05) is 24.4 Å². The van der Waals surface area contributed by atoms with Crippen molar-refractivity contribution < 1.29 is 18.3 Å². The van der Waals surface area contributed by atoms with E-state index in [4.69, 9.17) is 16.7 Å². The van der Waals surface area contributed by atoms with Gasteiger partial charge in [-0.3, -0.25) is 9.78 Å². The van der Waals surface area contributed by atoms with E-state index in [2.05, 4.69) is 9.71 Å². The Kier molecular flexibility index (Phi) is 4.89. The number of carboxylic acid groups (broad SMARTS) is 1. The van der Waals surface area contributed by atoms with Crippen LogP contribution < -0.4 is 4.72 Å². The minimum absolute atomic E-state index is 0.0524. The minimum atomic E-state index is -3.78. The van der Waals surface area contributed by atoms with Gasteiger partial charge >= 0.3 is 5.97 Å². The average molecular weight is 307 g/mol. The molecule has 0 radical (unpaired) electrons. The first-order valence-electron chi connectivity index (χ1n) is 5.49. The summed E-state index contributed by atoms with van der Waals surface area (Å²) in [7, 11) is -3.78. The molecule has 1 rings (SSSR count). The van der Waals surface area contributed by atoms with Crippen molar-refractivity contribution in [3.8, 4) is 0 Å². The number of carboxylic acids is 1. The highest BCUT2D eigenvalue weighted by molar-refractivity contribution is 7.89. The van der Waals surface area contributed by atoms with E-state index in [0.29, 0.717) is 0 Å². The van der Waals surface area contributed by atoms with Crippen molar-refractivity contribution in [3.05, 3.63) is 23.5 Å². The summed E-state index contributed by atoms with van der Waals surface area (Å²) in [6.45, 7) is 3.23. The van der Waals surface area contributed by atoms with Gasteiger partial charge < -0.3 is 5.11 Å². The maximum absolute atomic E-state index is 12.1. The molecule has 0 spiro atoms. The van der Waals surface area contributed by atoms with E-state index in [9.17, 15) is 13.2 Å². The lowest BCUT2D eigenvalue weighted by atomic mass is 10.0. The van der Waals surface area contributed by atoms with Gasteiger partial charge in [-0.2, -0.15) is 0 Å². The highest BCUT2D eigenvalue weighted by atomic mass is 35.5. The standard InChI is InChI=1S/C11H15ClN2O4S/c1-11(2,4-3-10(15)16)14-19(17,18)9-5-8(12)6-13-7-9/h5-7,14H,3-4H2,1-2H3,(H,15,16). The van der Waals surface area contributed by atoms with Gasteiger partial charge in [0.2, 0.25) is 10.0 Å². The van der Waals surface area contributed by atoms with E-state index in [-0.39, 0.29) is 22.8 Å². The molecule has 1 aromatic heterocycles. The van der Waals surface area contributed by atoms with Crippen molar-refractivity contribution in [2.75, 3.05) is 0 Å². The normalized spacial score (nSPS) is 12.4. The molecule has 0 aromatic carbocycles. The third kappa shape index (κ3) is 5.14. The zero-order valence-corrected chi connectivity index (χ0v) is 12.1. The maximum Gasteiger partial charge on any atom is 0.303 e. The molecule has 0 amide bonds. The fourth-order valence-electron chi connectivity index (χ4n) is 1.43. The second-order valence-corrected chi connectivity index (χ2v) is 6.84. The number of nitrogens with one attached hydrogen (secondary N) is 1. The summed E-state index contributed by atoms with van der Waals surface area (Å²) in [4.78, 5) is 14.2. The number of pyridine rings is 1. The number of rotatable bonds is 6. The predicted octanol–water partition coefficient (Wildman–Crippen LogP) is 1.66. The number of halogens is 1. The summed E-state index contributed by atoms with van der Waals surface area (Å²) in [6, 6.07) is 1.28. The molecule has 0 fully saturated rings. The van der Waals surface area contributed by atoms with Crippen molar-refractivity contribution >= 4 is 27.6 Å². The molecule has 8 heteroatoms. The SMILES string of the molecule is CC(C)(CCC(=O)O)NS(=O)(=O)c1cncc(Cl)c1. The van der Waals surface area contributed by atoms with Crippen LogP contribution in [0.5, 0.6) is 0 Å². The molecule has 0 unspecified atom stereocenters. The number of nitrogens with zero attached hydrogens (tertiary/aromatic N) is 1. The summed E-state index contributed by atoms with van der Waals surface area (Å²) >= 11 is 5.69. The summed E-state index contributed by atoms with van der Waals surface area (Å²) < 4.78 is 26.6. The molecule has 0 atom stereocenters. The topological polar surface area (TPSA) is 96.4 Å². The van der Waals surface area contributed by atoms with Gasteiger partial charge in [-0.25, -0.2) is 13.1 Å². The molecule has 0 bridgehead atoms. The summed E-state index contributed by atoms with van der Waals surface area (Å²) in [6.07, 6.45) is 2.57. The Morgan fingerprint density at radius 1 is 1.47 bits per heavy atom. The van der Waals surface area contributed by atoms with Crippen LogP contribution in [-0.4, -0.2) is 30.0 Å². The lowest BCUT2D eigenvalue weighted by molar-refractivity contribution is -0.137. The Morgan fingerprint density at radius 3 is 2.63 bits per heavy atom. The predicted molar refractivity (Wildman–Crippen MR) is 70.5 cm³/mol. The first-order valence-corrected chi connectivity index (χ1v) is 7.35. The van der Waals surface area contributed by atoms with Crippen LogP contribution >= 0.6 is 11.6 Å². The van der Waals surface area contributed by atoms with E-state index in [0.717, 1.165) is 0 Å². The van der Waals surface area contributed by atoms with Crippen LogP contribution in [0.2, 0.25) is 5.02 Å². The molecule has 106 valence electrons. The van der Waals surface area contributed by atoms with Crippen molar-refractivity contribution in [1.29, 1.82) is 0 Å². The molecular formula is C11H15ClN2O4S. The van der Waals surface area contributed by atoms with Crippen LogP contribution in [-0.2, 0) is 14.8 Å². The molecule has 1 aromatic rings. The highest BCUT2D eigenvalue weighted by Crippen LogP contribution is 2.18. The number of sulfonamides is 1. The van der Waals surface area contributed by atoms with Crippen LogP contribution in [0, 0.1) is 0 Å². The minimum Gasteiger partial charge on any atom is -0.481 e. The fourth-order valence-corrected chi connectivity index (χ4v) is 3.10. The van der Waals surface area contributed by atoms with Gasteiger partial charge in [-0.1, -0.05) is 11.6 Å². The van der Waals surface area contributed by atoms with Crippen LogP contribution in [0.25, 0.3) is 0 Å². The molecule has 0 saturated carbocycles. The Balaban J connectivity index is 2.87. The van der Waals surface area contributed by atoms with Crippen LogP contribution in [0.1, 0.15) is 26.7 Å². The second kappa shape index (κ2) is 5.85. The second-order valence-electron chi connectivity index (χ2n) is 4.72. The Labute approximate surface area is 116 Å². The van der Waals surface area contributed by atoms with Gasteiger partial charge in [0.1, 0.15) is 4.90 Å². The average Bonchev–Trinajstić information content (AvgIpc) is 2.25. The van der Waals surface area contributed by atoms with Crippen molar-refractivity contribution in [2.24, 2.45) is 0 Å². The molecule has 0 saturated heterocycles. The van der Waals surface area contributed by atoms with Crippen LogP contribution in [0.3, 0.4) is 0 Å². The van der Waals surface area contributed by atoms with E-state index in [1.54, 1.807) is 13.8 Å². The molecule has 0 aliphatic rings. The van der Waals surface area contributed by atoms with E-state index in [1.807, 2.05) is 0 Å². The number of aromatic nitrogens is 1. The largest absolute Gasteiger partial charge is 0.481 e. The van der Waals surface area contributed by atoms with Crippen LogP contribution in [0.15, 0.2) is 23.4 Å². The highest BCUT2D eigenvalue weighted by Gasteiger charge is 2.27. The van der Waals surface area contributed by atoms with E-state index in [1.165, 1.54) is 18.5 Å². The third-order valence-electron chi connectivity index (χ3n) is 2.36. The van der Waals surface area contributed by atoms with Gasteiger partial charge in [0.05, 0.1) is 5.02 Å². The molecule has 0 aliphatic carbocycles. The van der Waals surface area contributed by atoms with Crippen molar-refractivity contribution in [3.63, 3.8) is 0 Å². The quantitative estimate of drug-likeness (QED) is 0.833. The van der Waals surface area contributed by atoms with E-state index >= 15 is 0 Å². The molecule has 6 nitrogen and oxygen atoms in total. The third-order valence-corrected chi connectivity index (χ3v) is 4.24. The summed E-state index contributed by atoms with van der Waals surface area (Å²) in [5.41, 5.74) is -0.875. The van der Waals surface area contributed by atoms with Gasteiger partial charge in [-0.05, 0) is 26.3 Å². The number of hydrogen-bond acceptors (Lipinski definition) is 4. The van der Waals surface area contributed by atoms with Crippen molar-refractivity contribution in [1.82, 2.24) is 9.71 Å². The number of aliphatic carboxylic acids is 1. The van der Waals surface area contributed by atoms with E-state index < -0.39 is 21.5 Å². The first-order chi connectivity index (χ1) is 8.62. The van der Waals surface area contributed by atoms with Gasteiger partial charge in [-0.15, -0.1) is 0 Å². The number of hydrogen-bond donors (Lipinski definition) is 2. The van der Waals surface area contributed by atoms with Gasteiger partial charge in [0.15, 0.2) is 0 Å². The van der Waals surface area contributed by atoms with Crippen molar-refractivity contribution in [2.45, 2.75) is 37.1 Å². The zero-order valence-electron chi connectivity index (χ0n) is 10.6. The summed E-state index contributed by atoms with van der Waals surface area (Å²) in [5.74, 6) is -0.975. The monoisotopic (exact) mass is 306 g/mol. The lowest BCUT2D eigenvalue weighted by Gasteiger charge is -2.25.